The first-order chi connectivity index (χ1) is 13.8. The van der Waals surface area contributed by atoms with Gasteiger partial charge in [-0.3, -0.25) is 4.79 Å². The number of hydrogen-bond donors (Lipinski definition) is 0. The topological polar surface area (TPSA) is 83.0 Å². The van der Waals surface area contributed by atoms with Gasteiger partial charge in [0.15, 0.2) is 5.60 Å². The van der Waals surface area contributed by atoms with Gasteiger partial charge in [0.1, 0.15) is 5.75 Å². The first-order valence-corrected chi connectivity index (χ1v) is 9.44. The van der Waals surface area contributed by atoms with Gasteiger partial charge in [-0.05, 0) is 44.2 Å². The van der Waals surface area contributed by atoms with Crippen molar-refractivity contribution >= 4 is 22.4 Å². The smallest absolute Gasteiger partial charge is 0.274 e. The molecule has 2 aromatic heterocycles. The van der Waals surface area contributed by atoms with Crippen molar-refractivity contribution in [2.45, 2.75) is 25.9 Å². The number of nitrogens with zero attached hydrogens (tertiary/aromatic N) is 4. The number of halogens is 1. The molecule has 0 spiro atoms. The predicted octanol–water partition coefficient (Wildman–Crippen LogP) is 3.87. The van der Waals surface area contributed by atoms with Crippen LogP contribution in [0.3, 0.4) is 0 Å². The van der Waals surface area contributed by atoms with Crippen LogP contribution in [-0.2, 0) is 19.1 Å². The number of rotatable bonds is 5. The van der Waals surface area contributed by atoms with E-state index in [9.17, 15) is 4.79 Å². The highest BCUT2D eigenvalue weighted by atomic mass is 35.5. The van der Waals surface area contributed by atoms with E-state index in [0.717, 1.165) is 5.39 Å². The number of ether oxygens (including phenoxy) is 1. The standard InChI is InChI=1S/C21H19ClN4O3/c1-21(2,29-14-10-8-13(22)9-11-14)20-24-23-18(28-20)12-17-15-6-4-5-7-16(15)19(27)26(3)25-17/h4-11H,12H2,1-3H3. The second-order valence-electron chi connectivity index (χ2n) is 7.17. The highest BCUT2D eigenvalue weighted by Gasteiger charge is 2.30. The maximum atomic E-state index is 12.3. The fourth-order valence-corrected chi connectivity index (χ4v) is 3.18. The lowest BCUT2D eigenvalue weighted by Crippen LogP contribution is -2.25. The molecule has 2 heterocycles. The molecule has 29 heavy (non-hydrogen) atoms. The average Bonchev–Trinajstić information content (AvgIpc) is 3.17. The highest BCUT2D eigenvalue weighted by molar-refractivity contribution is 6.30. The summed E-state index contributed by atoms with van der Waals surface area (Å²) in [5.74, 6) is 1.38. The molecule has 4 rings (SSSR count). The van der Waals surface area contributed by atoms with Gasteiger partial charge in [0.2, 0.25) is 5.89 Å². The van der Waals surface area contributed by atoms with E-state index in [0.29, 0.717) is 40.1 Å². The molecule has 0 atom stereocenters. The molecule has 4 aromatic rings. The molecular weight excluding hydrogens is 392 g/mol. The van der Waals surface area contributed by atoms with Crippen LogP contribution in [0.4, 0.5) is 0 Å². The molecule has 0 aliphatic rings. The van der Waals surface area contributed by atoms with Crippen LogP contribution in [0.1, 0.15) is 31.3 Å². The van der Waals surface area contributed by atoms with Gasteiger partial charge in [-0.1, -0.05) is 29.8 Å². The van der Waals surface area contributed by atoms with Crippen molar-refractivity contribution in [2.75, 3.05) is 0 Å². The first kappa shape index (κ1) is 19.1. The van der Waals surface area contributed by atoms with Crippen LogP contribution in [0.2, 0.25) is 5.02 Å². The van der Waals surface area contributed by atoms with Crippen molar-refractivity contribution in [1.29, 1.82) is 0 Å². The minimum Gasteiger partial charge on any atom is -0.478 e. The zero-order valence-electron chi connectivity index (χ0n) is 16.2. The monoisotopic (exact) mass is 410 g/mol. The Bertz CT molecular complexity index is 1230. The lowest BCUT2D eigenvalue weighted by Gasteiger charge is -2.22. The Morgan fingerprint density at radius 2 is 1.76 bits per heavy atom. The molecule has 0 fully saturated rings. The zero-order valence-corrected chi connectivity index (χ0v) is 17.0. The van der Waals surface area contributed by atoms with Crippen molar-refractivity contribution in [1.82, 2.24) is 20.0 Å². The van der Waals surface area contributed by atoms with Crippen LogP contribution in [0.15, 0.2) is 57.7 Å². The van der Waals surface area contributed by atoms with E-state index in [-0.39, 0.29) is 5.56 Å². The van der Waals surface area contributed by atoms with Gasteiger partial charge < -0.3 is 9.15 Å². The van der Waals surface area contributed by atoms with Crippen LogP contribution < -0.4 is 10.3 Å². The van der Waals surface area contributed by atoms with Crippen molar-refractivity contribution in [3.63, 3.8) is 0 Å². The summed E-state index contributed by atoms with van der Waals surface area (Å²) in [6, 6.07) is 14.4. The van der Waals surface area contributed by atoms with Crippen LogP contribution in [0, 0.1) is 0 Å². The Morgan fingerprint density at radius 3 is 2.48 bits per heavy atom. The van der Waals surface area contributed by atoms with Gasteiger partial charge in [0.05, 0.1) is 17.5 Å². The second-order valence-corrected chi connectivity index (χ2v) is 7.60. The molecule has 2 aromatic carbocycles. The number of aromatic nitrogens is 4. The summed E-state index contributed by atoms with van der Waals surface area (Å²) in [6.45, 7) is 3.69. The number of hydrogen-bond acceptors (Lipinski definition) is 6. The van der Waals surface area contributed by atoms with Crippen LogP contribution in [0.25, 0.3) is 10.8 Å². The quantitative estimate of drug-likeness (QED) is 0.496. The normalized spacial score (nSPS) is 11.7. The summed E-state index contributed by atoms with van der Waals surface area (Å²) in [4.78, 5) is 12.3. The van der Waals surface area contributed by atoms with Crippen molar-refractivity contribution in [3.8, 4) is 5.75 Å². The maximum absolute atomic E-state index is 12.3. The molecule has 0 N–H and O–H groups in total. The van der Waals surface area contributed by atoms with E-state index in [1.54, 1.807) is 37.4 Å². The summed E-state index contributed by atoms with van der Waals surface area (Å²) >= 11 is 5.92. The molecule has 0 aliphatic heterocycles. The second kappa shape index (κ2) is 7.33. The zero-order chi connectivity index (χ0) is 20.6. The fraction of sp³-hybridized carbons (Fsp3) is 0.238. The molecule has 0 unspecified atom stereocenters. The van der Waals surface area contributed by atoms with Gasteiger partial charge in [0, 0.05) is 17.5 Å². The van der Waals surface area contributed by atoms with Crippen LogP contribution in [0.5, 0.6) is 5.75 Å². The first-order valence-electron chi connectivity index (χ1n) is 9.06. The molecule has 0 saturated heterocycles. The Hall–Kier alpha value is -3.19. The third-order valence-electron chi connectivity index (χ3n) is 4.52. The molecule has 0 amide bonds. The van der Waals surface area contributed by atoms with E-state index >= 15 is 0 Å². The molecule has 148 valence electrons. The van der Waals surface area contributed by atoms with E-state index in [2.05, 4.69) is 15.3 Å². The minimum atomic E-state index is -0.835. The lowest BCUT2D eigenvalue weighted by atomic mass is 10.1. The van der Waals surface area contributed by atoms with E-state index in [1.807, 2.05) is 32.0 Å². The largest absolute Gasteiger partial charge is 0.478 e. The van der Waals surface area contributed by atoms with Crippen molar-refractivity contribution in [3.05, 3.63) is 81.4 Å². The van der Waals surface area contributed by atoms with Crippen LogP contribution in [-0.4, -0.2) is 20.0 Å². The molecule has 0 radical (unpaired) electrons. The van der Waals surface area contributed by atoms with Gasteiger partial charge in [-0.25, -0.2) is 4.68 Å². The Kier molecular flexibility index (Phi) is 4.84. The maximum Gasteiger partial charge on any atom is 0.274 e. The van der Waals surface area contributed by atoms with Crippen molar-refractivity contribution in [2.24, 2.45) is 7.05 Å². The molecule has 8 heteroatoms. The fourth-order valence-electron chi connectivity index (χ4n) is 3.06. The molecule has 0 bridgehead atoms. The summed E-state index contributed by atoms with van der Waals surface area (Å²) in [5, 5.41) is 14.7. The van der Waals surface area contributed by atoms with Gasteiger partial charge in [-0.15, -0.1) is 10.2 Å². The Labute approximate surface area is 171 Å². The Morgan fingerprint density at radius 1 is 1.07 bits per heavy atom. The highest BCUT2D eigenvalue weighted by Crippen LogP contribution is 2.28. The van der Waals surface area contributed by atoms with Gasteiger partial charge >= 0.3 is 0 Å². The SMILES string of the molecule is Cn1nc(Cc2nnc(C(C)(C)Oc3ccc(Cl)cc3)o2)c2ccccc2c1=O. The number of aryl methyl sites for hydroxylation is 1. The predicted molar refractivity (Wildman–Crippen MR) is 109 cm³/mol. The van der Waals surface area contributed by atoms with Crippen molar-refractivity contribution < 1.29 is 9.15 Å². The summed E-state index contributed by atoms with van der Waals surface area (Å²) < 4.78 is 13.2. The molecule has 0 saturated carbocycles. The van der Waals surface area contributed by atoms with E-state index in [1.165, 1.54) is 4.68 Å². The average molecular weight is 411 g/mol. The molecule has 7 nitrogen and oxygen atoms in total. The summed E-state index contributed by atoms with van der Waals surface area (Å²) in [7, 11) is 1.63. The van der Waals surface area contributed by atoms with Gasteiger partial charge in [0.25, 0.3) is 11.4 Å². The van der Waals surface area contributed by atoms with E-state index in [4.69, 9.17) is 20.8 Å². The molecular formula is C21H19ClN4O3. The van der Waals surface area contributed by atoms with Gasteiger partial charge in [-0.2, -0.15) is 5.10 Å². The Balaban J connectivity index is 1.61. The van der Waals surface area contributed by atoms with E-state index < -0.39 is 5.60 Å². The van der Waals surface area contributed by atoms with Crippen LogP contribution >= 0.6 is 11.6 Å². The minimum absolute atomic E-state index is 0.145. The third kappa shape index (κ3) is 3.86. The third-order valence-corrected chi connectivity index (χ3v) is 4.77. The molecule has 0 aliphatic carbocycles. The summed E-state index contributed by atoms with van der Waals surface area (Å²) in [5.41, 5.74) is -0.291. The number of benzene rings is 2. The summed E-state index contributed by atoms with van der Waals surface area (Å²) in [6.07, 6.45) is 0.304. The lowest BCUT2D eigenvalue weighted by molar-refractivity contribution is 0.0752. The number of fused-ring (bicyclic) bond motifs is 1.